The van der Waals surface area contributed by atoms with E-state index in [9.17, 15) is 10.1 Å². The second kappa shape index (κ2) is 5.63. The monoisotopic (exact) mass is 236 g/mol. The van der Waals surface area contributed by atoms with Crippen LogP contribution in [0.3, 0.4) is 0 Å². The largest absolute Gasteiger partial charge is 0.433 e. The van der Waals surface area contributed by atoms with E-state index in [1.165, 1.54) is 12.5 Å². The van der Waals surface area contributed by atoms with E-state index in [0.717, 1.165) is 19.4 Å². The van der Waals surface area contributed by atoms with E-state index in [1.54, 1.807) is 6.07 Å². The van der Waals surface area contributed by atoms with E-state index >= 15 is 0 Å². The normalized spacial score (nSPS) is 19.4. The van der Waals surface area contributed by atoms with Gasteiger partial charge in [-0.1, -0.05) is 12.2 Å². The first-order valence-corrected chi connectivity index (χ1v) is 5.84. The summed E-state index contributed by atoms with van der Waals surface area (Å²) >= 11 is 0. The molecule has 92 valence electrons. The van der Waals surface area contributed by atoms with Crippen LogP contribution in [0.5, 0.6) is 0 Å². The van der Waals surface area contributed by atoms with Gasteiger partial charge in [-0.2, -0.15) is 0 Å². The summed E-state index contributed by atoms with van der Waals surface area (Å²) in [7, 11) is 0. The predicted molar refractivity (Wildman–Crippen MR) is 63.6 cm³/mol. The molecule has 1 N–H and O–H groups in total. The van der Waals surface area contributed by atoms with Crippen LogP contribution in [-0.2, 0) is 6.54 Å². The number of nitrogens with zero attached hydrogens (tertiary/aromatic N) is 1. The van der Waals surface area contributed by atoms with E-state index in [2.05, 4.69) is 17.5 Å². The zero-order valence-electron chi connectivity index (χ0n) is 9.59. The zero-order chi connectivity index (χ0) is 12.1. The first-order chi connectivity index (χ1) is 8.25. The smallest absolute Gasteiger partial charge is 0.404 e. The highest BCUT2D eigenvalue weighted by Crippen LogP contribution is 2.18. The summed E-state index contributed by atoms with van der Waals surface area (Å²) in [5.74, 6) is 1.09. The van der Waals surface area contributed by atoms with Gasteiger partial charge >= 0.3 is 5.88 Å². The SMILES string of the molecule is O=[N+]([O-])c1ccc(CNCC2CC=CCC2)o1. The van der Waals surface area contributed by atoms with Gasteiger partial charge in [0, 0.05) is 0 Å². The summed E-state index contributed by atoms with van der Waals surface area (Å²) in [6.45, 7) is 1.48. The zero-order valence-corrected chi connectivity index (χ0v) is 9.59. The molecule has 17 heavy (non-hydrogen) atoms. The van der Waals surface area contributed by atoms with Crippen LogP contribution in [0.2, 0.25) is 0 Å². The molecule has 0 saturated heterocycles. The van der Waals surface area contributed by atoms with Crippen LogP contribution < -0.4 is 5.32 Å². The molecule has 0 fully saturated rings. The molecule has 0 spiro atoms. The number of furan rings is 1. The van der Waals surface area contributed by atoms with Gasteiger partial charge in [0.05, 0.1) is 12.6 Å². The number of nitro groups is 1. The molecule has 0 saturated carbocycles. The van der Waals surface area contributed by atoms with Gasteiger partial charge in [0.2, 0.25) is 0 Å². The first-order valence-electron chi connectivity index (χ1n) is 5.84. The van der Waals surface area contributed by atoms with Crippen molar-refractivity contribution < 1.29 is 9.34 Å². The van der Waals surface area contributed by atoms with Crippen molar-refractivity contribution in [3.63, 3.8) is 0 Å². The summed E-state index contributed by atoms with van der Waals surface area (Å²) in [5.41, 5.74) is 0. The van der Waals surface area contributed by atoms with Crippen molar-refractivity contribution in [2.45, 2.75) is 25.8 Å². The number of allylic oxidation sites excluding steroid dienone is 2. The average Bonchev–Trinajstić information content (AvgIpc) is 2.79. The van der Waals surface area contributed by atoms with Crippen molar-refractivity contribution >= 4 is 5.88 Å². The topological polar surface area (TPSA) is 68.3 Å². The van der Waals surface area contributed by atoms with Gasteiger partial charge in [0.1, 0.15) is 10.7 Å². The minimum Gasteiger partial charge on any atom is -0.404 e. The van der Waals surface area contributed by atoms with E-state index in [-0.39, 0.29) is 5.88 Å². The van der Waals surface area contributed by atoms with Gasteiger partial charge in [0.15, 0.2) is 0 Å². The highest BCUT2D eigenvalue weighted by molar-refractivity contribution is 5.17. The minimum absolute atomic E-state index is 0.192. The second-order valence-corrected chi connectivity index (χ2v) is 4.28. The molecule has 0 aromatic carbocycles. The molecule has 2 rings (SSSR count). The van der Waals surface area contributed by atoms with Gasteiger partial charge in [-0.05, 0) is 37.8 Å². The number of hydrogen-bond acceptors (Lipinski definition) is 4. The van der Waals surface area contributed by atoms with E-state index in [0.29, 0.717) is 18.2 Å². The van der Waals surface area contributed by atoms with Gasteiger partial charge in [-0.15, -0.1) is 0 Å². The first kappa shape index (κ1) is 11.9. The predicted octanol–water partition coefficient (Wildman–Crippen LogP) is 2.63. The third-order valence-corrected chi connectivity index (χ3v) is 2.94. The van der Waals surface area contributed by atoms with E-state index < -0.39 is 4.92 Å². The fourth-order valence-electron chi connectivity index (χ4n) is 2.00. The molecular formula is C12H16N2O3. The van der Waals surface area contributed by atoms with Crippen LogP contribution in [0.15, 0.2) is 28.7 Å². The van der Waals surface area contributed by atoms with Crippen molar-refractivity contribution in [2.75, 3.05) is 6.54 Å². The molecule has 0 aliphatic heterocycles. The third kappa shape index (κ3) is 3.42. The van der Waals surface area contributed by atoms with Gasteiger partial charge in [0.25, 0.3) is 0 Å². The summed E-state index contributed by atoms with van der Waals surface area (Å²) in [6.07, 6.45) is 7.91. The van der Waals surface area contributed by atoms with Gasteiger partial charge in [-0.25, -0.2) is 0 Å². The third-order valence-electron chi connectivity index (χ3n) is 2.94. The van der Waals surface area contributed by atoms with Crippen molar-refractivity contribution in [1.29, 1.82) is 0 Å². The molecule has 1 aliphatic rings. The number of hydrogen-bond donors (Lipinski definition) is 1. The van der Waals surface area contributed by atoms with Crippen LogP contribution in [0.4, 0.5) is 5.88 Å². The molecule has 0 amide bonds. The Morgan fingerprint density at radius 3 is 3.00 bits per heavy atom. The fraction of sp³-hybridized carbons (Fsp3) is 0.500. The molecular weight excluding hydrogens is 220 g/mol. The maximum Gasteiger partial charge on any atom is 0.433 e. The molecule has 1 atom stereocenters. The summed E-state index contributed by atoms with van der Waals surface area (Å²) in [5, 5.41) is 13.7. The number of nitrogens with one attached hydrogen (secondary N) is 1. The van der Waals surface area contributed by atoms with E-state index in [1.807, 2.05) is 0 Å². The average molecular weight is 236 g/mol. The van der Waals surface area contributed by atoms with Crippen LogP contribution in [0, 0.1) is 16.0 Å². The Bertz CT molecular complexity index is 412. The lowest BCUT2D eigenvalue weighted by molar-refractivity contribution is -0.402. The molecule has 0 radical (unpaired) electrons. The number of rotatable bonds is 5. The Balaban J connectivity index is 1.73. The fourth-order valence-corrected chi connectivity index (χ4v) is 2.00. The van der Waals surface area contributed by atoms with Crippen LogP contribution in [-0.4, -0.2) is 11.5 Å². The van der Waals surface area contributed by atoms with E-state index in [4.69, 9.17) is 4.42 Å². The molecule has 1 aliphatic carbocycles. The maximum absolute atomic E-state index is 10.4. The van der Waals surface area contributed by atoms with Crippen molar-refractivity contribution in [3.05, 3.63) is 40.2 Å². The molecule has 1 unspecified atom stereocenters. The van der Waals surface area contributed by atoms with Gasteiger partial charge in [-0.3, -0.25) is 10.1 Å². The van der Waals surface area contributed by atoms with Crippen molar-refractivity contribution in [3.8, 4) is 0 Å². The Kier molecular flexibility index (Phi) is 3.93. The van der Waals surface area contributed by atoms with Crippen molar-refractivity contribution in [2.24, 2.45) is 5.92 Å². The summed E-state index contributed by atoms with van der Waals surface area (Å²) in [4.78, 5) is 9.90. The molecule has 1 aromatic heterocycles. The van der Waals surface area contributed by atoms with Crippen LogP contribution >= 0.6 is 0 Å². The van der Waals surface area contributed by atoms with Gasteiger partial charge < -0.3 is 9.73 Å². The Labute approximate surface area is 99.7 Å². The molecule has 0 bridgehead atoms. The summed E-state index contributed by atoms with van der Waals surface area (Å²) < 4.78 is 5.06. The second-order valence-electron chi connectivity index (χ2n) is 4.28. The molecule has 5 heteroatoms. The highest BCUT2D eigenvalue weighted by Gasteiger charge is 2.12. The maximum atomic E-state index is 10.4. The standard InChI is InChI=1S/C12H16N2O3/c15-14(16)12-7-6-11(17-12)9-13-8-10-4-2-1-3-5-10/h1-2,6-7,10,13H,3-5,8-9H2. The highest BCUT2D eigenvalue weighted by atomic mass is 16.6. The Hall–Kier alpha value is -1.62. The molecule has 5 nitrogen and oxygen atoms in total. The quantitative estimate of drug-likeness (QED) is 0.484. The molecule has 1 aromatic rings. The Morgan fingerprint density at radius 2 is 2.35 bits per heavy atom. The van der Waals surface area contributed by atoms with Crippen LogP contribution in [0.25, 0.3) is 0 Å². The minimum atomic E-state index is -0.518. The van der Waals surface area contributed by atoms with Crippen molar-refractivity contribution in [1.82, 2.24) is 5.32 Å². The lowest BCUT2D eigenvalue weighted by atomic mass is 9.94. The lowest BCUT2D eigenvalue weighted by Gasteiger charge is -2.17. The molecule has 1 heterocycles. The summed E-state index contributed by atoms with van der Waals surface area (Å²) in [6, 6.07) is 3.03. The Morgan fingerprint density at radius 1 is 1.47 bits per heavy atom. The van der Waals surface area contributed by atoms with Crippen LogP contribution in [0.1, 0.15) is 25.0 Å². The lowest BCUT2D eigenvalue weighted by Crippen LogP contribution is -2.22.